The summed E-state index contributed by atoms with van der Waals surface area (Å²) in [4.78, 5) is 22.0. The molecule has 0 radical (unpaired) electrons. The highest BCUT2D eigenvalue weighted by Crippen LogP contribution is 2.27. The number of hydrogen-bond acceptors (Lipinski definition) is 6. The first-order valence-electron chi connectivity index (χ1n) is 7.33. The second-order valence-corrected chi connectivity index (χ2v) is 4.98. The SMILES string of the molecule is COc1ccc(C=CC(=O)OCc2cccc([N+](=O)[O-])c2)cc1OC. The lowest BCUT2D eigenvalue weighted by atomic mass is 10.2. The van der Waals surface area contributed by atoms with Gasteiger partial charge < -0.3 is 14.2 Å². The third-order valence-corrected chi connectivity index (χ3v) is 3.32. The van der Waals surface area contributed by atoms with Crippen LogP contribution in [0.1, 0.15) is 11.1 Å². The fourth-order valence-electron chi connectivity index (χ4n) is 2.08. The Morgan fingerprint density at radius 2 is 1.88 bits per heavy atom. The normalized spacial score (nSPS) is 10.5. The van der Waals surface area contributed by atoms with Crippen molar-refractivity contribution in [1.29, 1.82) is 0 Å². The maximum absolute atomic E-state index is 11.8. The molecule has 0 aliphatic heterocycles. The summed E-state index contributed by atoms with van der Waals surface area (Å²) in [6.45, 7) is -0.0449. The predicted molar refractivity (Wildman–Crippen MR) is 91.5 cm³/mol. The maximum Gasteiger partial charge on any atom is 0.331 e. The van der Waals surface area contributed by atoms with Gasteiger partial charge in [0.25, 0.3) is 5.69 Å². The molecular formula is C18H17NO6. The van der Waals surface area contributed by atoms with Gasteiger partial charge in [0.15, 0.2) is 11.5 Å². The van der Waals surface area contributed by atoms with E-state index in [1.54, 1.807) is 43.5 Å². The molecule has 2 aromatic carbocycles. The summed E-state index contributed by atoms with van der Waals surface area (Å²) in [5.74, 6) is 0.587. The van der Waals surface area contributed by atoms with Crippen LogP contribution in [0.25, 0.3) is 6.08 Å². The number of nitro groups is 1. The maximum atomic E-state index is 11.8. The van der Waals surface area contributed by atoms with Gasteiger partial charge in [-0.15, -0.1) is 0 Å². The largest absolute Gasteiger partial charge is 0.493 e. The van der Waals surface area contributed by atoms with E-state index in [0.717, 1.165) is 5.56 Å². The van der Waals surface area contributed by atoms with Crippen LogP contribution in [0, 0.1) is 10.1 Å². The van der Waals surface area contributed by atoms with Crippen molar-refractivity contribution in [3.63, 3.8) is 0 Å². The van der Waals surface area contributed by atoms with Crippen LogP contribution in [0.3, 0.4) is 0 Å². The Balaban J connectivity index is 1.97. The molecule has 0 atom stereocenters. The first-order valence-corrected chi connectivity index (χ1v) is 7.33. The van der Waals surface area contributed by atoms with Crippen LogP contribution in [0.5, 0.6) is 11.5 Å². The third kappa shape index (κ3) is 5.07. The average molecular weight is 343 g/mol. The molecule has 0 aliphatic rings. The predicted octanol–water partition coefficient (Wildman–Crippen LogP) is 3.37. The zero-order chi connectivity index (χ0) is 18.2. The lowest BCUT2D eigenvalue weighted by Crippen LogP contribution is -2.01. The van der Waals surface area contributed by atoms with Gasteiger partial charge in [-0.3, -0.25) is 10.1 Å². The third-order valence-electron chi connectivity index (χ3n) is 3.32. The number of ether oxygens (including phenoxy) is 3. The van der Waals surface area contributed by atoms with E-state index < -0.39 is 10.9 Å². The van der Waals surface area contributed by atoms with Crippen LogP contribution < -0.4 is 9.47 Å². The molecule has 0 aromatic heterocycles. The number of nitrogens with zero attached hydrogens (tertiary/aromatic N) is 1. The molecule has 0 bridgehead atoms. The van der Waals surface area contributed by atoms with E-state index in [-0.39, 0.29) is 12.3 Å². The number of methoxy groups -OCH3 is 2. The Kier molecular flexibility index (Phi) is 6.11. The number of benzene rings is 2. The topological polar surface area (TPSA) is 87.9 Å². The van der Waals surface area contributed by atoms with Crippen LogP contribution in [0.4, 0.5) is 5.69 Å². The molecule has 0 heterocycles. The minimum atomic E-state index is -0.554. The number of non-ortho nitro benzene ring substituents is 1. The molecule has 0 N–H and O–H groups in total. The summed E-state index contributed by atoms with van der Waals surface area (Å²) in [6.07, 6.45) is 2.86. The minimum absolute atomic E-state index is 0.0449. The van der Waals surface area contributed by atoms with E-state index in [9.17, 15) is 14.9 Å². The van der Waals surface area contributed by atoms with E-state index in [0.29, 0.717) is 17.1 Å². The van der Waals surface area contributed by atoms with Crippen molar-refractivity contribution in [2.45, 2.75) is 6.61 Å². The molecule has 2 rings (SSSR count). The molecule has 130 valence electrons. The standard InChI is InChI=1S/C18H17NO6/c1-23-16-8-6-13(11-17(16)24-2)7-9-18(20)25-12-14-4-3-5-15(10-14)19(21)22/h3-11H,12H2,1-2H3. The van der Waals surface area contributed by atoms with Crippen molar-refractivity contribution in [3.05, 3.63) is 69.8 Å². The monoisotopic (exact) mass is 343 g/mol. The molecular weight excluding hydrogens is 326 g/mol. The minimum Gasteiger partial charge on any atom is -0.493 e. The molecule has 0 saturated carbocycles. The molecule has 0 saturated heterocycles. The number of hydrogen-bond donors (Lipinski definition) is 0. The van der Waals surface area contributed by atoms with E-state index in [1.165, 1.54) is 25.3 Å². The van der Waals surface area contributed by atoms with E-state index in [4.69, 9.17) is 14.2 Å². The average Bonchev–Trinajstić information content (AvgIpc) is 2.64. The highest BCUT2D eigenvalue weighted by atomic mass is 16.6. The summed E-state index contributed by atoms with van der Waals surface area (Å²) >= 11 is 0. The van der Waals surface area contributed by atoms with E-state index in [1.807, 2.05) is 0 Å². The molecule has 7 nitrogen and oxygen atoms in total. The van der Waals surface area contributed by atoms with Crippen LogP contribution in [-0.4, -0.2) is 25.1 Å². The van der Waals surface area contributed by atoms with Crippen molar-refractivity contribution in [2.75, 3.05) is 14.2 Å². The first-order chi connectivity index (χ1) is 12.0. The van der Waals surface area contributed by atoms with Crippen LogP contribution in [-0.2, 0) is 16.1 Å². The second-order valence-electron chi connectivity index (χ2n) is 4.98. The van der Waals surface area contributed by atoms with Gasteiger partial charge in [-0.25, -0.2) is 4.79 Å². The Morgan fingerprint density at radius 1 is 1.12 bits per heavy atom. The second kappa shape index (κ2) is 8.49. The number of nitro benzene ring substituents is 1. The zero-order valence-corrected chi connectivity index (χ0v) is 13.8. The van der Waals surface area contributed by atoms with Gasteiger partial charge >= 0.3 is 5.97 Å². The molecule has 0 aliphatic carbocycles. The molecule has 0 fully saturated rings. The van der Waals surface area contributed by atoms with E-state index in [2.05, 4.69) is 0 Å². The van der Waals surface area contributed by atoms with Gasteiger partial charge in [-0.2, -0.15) is 0 Å². The van der Waals surface area contributed by atoms with E-state index >= 15 is 0 Å². The van der Waals surface area contributed by atoms with Crippen LogP contribution >= 0.6 is 0 Å². The quantitative estimate of drug-likeness (QED) is 0.331. The van der Waals surface area contributed by atoms with Gasteiger partial charge in [0.05, 0.1) is 19.1 Å². The Labute approximate surface area is 144 Å². The van der Waals surface area contributed by atoms with Crippen molar-refractivity contribution in [1.82, 2.24) is 0 Å². The summed E-state index contributed by atoms with van der Waals surface area (Å²) < 4.78 is 15.4. The number of esters is 1. The van der Waals surface area contributed by atoms with Crippen LogP contribution in [0.2, 0.25) is 0 Å². The highest BCUT2D eigenvalue weighted by Gasteiger charge is 2.07. The molecule has 0 amide bonds. The summed E-state index contributed by atoms with van der Waals surface area (Å²) in [5.41, 5.74) is 1.24. The van der Waals surface area contributed by atoms with Gasteiger partial charge in [0, 0.05) is 18.2 Å². The zero-order valence-electron chi connectivity index (χ0n) is 13.8. The highest BCUT2D eigenvalue weighted by molar-refractivity contribution is 5.87. The van der Waals surface area contributed by atoms with Crippen molar-refractivity contribution < 1.29 is 23.9 Å². The fourth-order valence-corrected chi connectivity index (χ4v) is 2.08. The Bertz CT molecular complexity index is 800. The van der Waals surface area contributed by atoms with Gasteiger partial charge in [0.2, 0.25) is 0 Å². The molecule has 25 heavy (non-hydrogen) atoms. The molecule has 7 heteroatoms. The number of carbonyl (C=O) groups is 1. The summed E-state index contributed by atoms with van der Waals surface area (Å²) in [7, 11) is 3.07. The lowest BCUT2D eigenvalue weighted by Gasteiger charge is -2.07. The number of carbonyl (C=O) groups excluding carboxylic acids is 1. The van der Waals surface area contributed by atoms with Crippen molar-refractivity contribution >= 4 is 17.7 Å². The lowest BCUT2D eigenvalue weighted by molar-refractivity contribution is -0.384. The smallest absolute Gasteiger partial charge is 0.331 e. The summed E-state index contributed by atoms with van der Waals surface area (Å²) in [6, 6.07) is 11.2. The molecule has 0 unspecified atom stereocenters. The van der Waals surface area contributed by atoms with Gasteiger partial charge in [0.1, 0.15) is 6.61 Å². The summed E-state index contributed by atoms with van der Waals surface area (Å²) in [5, 5.41) is 10.7. The van der Waals surface area contributed by atoms with Crippen molar-refractivity contribution in [3.8, 4) is 11.5 Å². The fraction of sp³-hybridized carbons (Fsp3) is 0.167. The molecule has 0 spiro atoms. The Hall–Kier alpha value is -3.35. The van der Waals surface area contributed by atoms with Crippen LogP contribution in [0.15, 0.2) is 48.5 Å². The molecule has 2 aromatic rings. The van der Waals surface area contributed by atoms with Gasteiger partial charge in [-0.05, 0) is 29.3 Å². The van der Waals surface area contributed by atoms with Crippen molar-refractivity contribution in [2.24, 2.45) is 0 Å². The van der Waals surface area contributed by atoms with Gasteiger partial charge in [-0.1, -0.05) is 18.2 Å². The Morgan fingerprint density at radius 3 is 2.56 bits per heavy atom. The number of rotatable bonds is 7. The first kappa shape index (κ1) is 18.0.